The molecule has 0 fully saturated rings. The molecule has 96 valence electrons. The first kappa shape index (κ1) is 12.1. The molecular formula is C12H8Cl2N4O. The van der Waals surface area contributed by atoms with E-state index in [2.05, 4.69) is 15.4 Å². The topological polar surface area (TPSA) is 80.7 Å². The van der Waals surface area contributed by atoms with Crippen molar-refractivity contribution < 1.29 is 4.52 Å². The van der Waals surface area contributed by atoms with Crippen molar-refractivity contribution in [3.05, 3.63) is 40.6 Å². The van der Waals surface area contributed by atoms with Gasteiger partial charge in [0.2, 0.25) is 0 Å². The molecule has 1 aromatic carbocycles. The number of hydrogen-bond donors (Lipinski definition) is 2. The van der Waals surface area contributed by atoms with Crippen LogP contribution >= 0.6 is 23.2 Å². The third kappa shape index (κ3) is 2.07. The normalized spacial score (nSPS) is 10.8. The number of benzene rings is 1. The molecule has 0 spiro atoms. The van der Waals surface area contributed by atoms with Crippen LogP contribution in [-0.2, 0) is 0 Å². The summed E-state index contributed by atoms with van der Waals surface area (Å²) in [4.78, 5) is 0. The summed E-state index contributed by atoms with van der Waals surface area (Å²) in [6, 6.07) is 5.15. The number of hydrogen-bond acceptors (Lipinski definition) is 4. The molecule has 0 aliphatic heterocycles. The lowest BCUT2D eigenvalue weighted by Gasteiger charge is -2.04. The first-order valence-corrected chi connectivity index (χ1v) is 6.12. The molecule has 0 unspecified atom stereocenters. The lowest BCUT2D eigenvalue weighted by molar-refractivity contribution is 0.436. The van der Waals surface area contributed by atoms with Crippen molar-refractivity contribution in [2.24, 2.45) is 0 Å². The van der Waals surface area contributed by atoms with E-state index >= 15 is 0 Å². The van der Waals surface area contributed by atoms with Gasteiger partial charge in [-0.25, -0.2) is 0 Å². The number of nitrogens with zero attached hydrogens (tertiary/aromatic N) is 2. The molecule has 7 heteroatoms. The summed E-state index contributed by atoms with van der Waals surface area (Å²) in [6.45, 7) is 0. The van der Waals surface area contributed by atoms with Crippen molar-refractivity contribution in [3.8, 4) is 22.5 Å². The second-order valence-corrected chi connectivity index (χ2v) is 4.73. The molecule has 0 radical (unpaired) electrons. The van der Waals surface area contributed by atoms with Gasteiger partial charge in [0.15, 0.2) is 11.6 Å². The standard InChI is InChI=1S/C12H8Cl2N4O/c13-7-1-2-8(9(14)3-7)10-11(19-18-12(10)15)6-4-16-17-5-6/h1-5H,(H2,15,18)(H,16,17). The van der Waals surface area contributed by atoms with E-state index in [4.69, 9.17) is 33.5 Å². The number of rotatable bonds is 2. The van der Waals surface area contributed by atoms with Crippen LogP contribution in [0.15, 0.2) is 35.1 Å². The van der Waals surface area contributed by atoms with E-state index in [9.17, 15) is 0 Å². The fraction of sp³-hybridized carbons (Fsp3) is 0. The Bertz CT molecular complexity index is 721. The van der Waals surface area contributed by atoms with Crippen molar-refractivity contribution >= 4 is 29.0 Å². The van der Waals surface area contributed by atoms with Crippen LogP contribution in [0, 0.1) is 0 Å². The highest BCUT2D eigenvalue weighted by Crippen LogP contribution is 2.40. The van der Waals surface area contributed by atoms with Gasteiger partial charge in [-0.3, -0.25) is 5.10 Å². The minimum absolute atomic E-state index is 0.264. The molecule has 2 aromatic heterocycles. The third-order valence-electron chi connectivity index (χ3n) is 2.68. The molecule has 5 nitrogen and oxygen atoms in total. The highest BCUT2D eigenvalue weighted by atomic mass is 35.5. The quantitative estimate of drug-likeness (QED) is 0.756. The molecule has 3 aromatic rings. The fourth-order valence-corrected chi connectivity index (χ4v) is 2.33. The van der Waals surface area contributed by atoms with Gasteiger partial charge in [0, 0.05) is 16.8 Å². The second-order valence-electron chi connectivity index (χ2n) is 3.88. The molecule has 3 rings (SSSR count). The number of anilines is 1. The van der Waals surface area contributed by atoms with Crippen molar-refractivity contribution in [3.63, 3.8) is 0 Å². The Balaban J connectivity index is 2.22. The summed E-state index contributed by atoms with van der Waals surface area (Å²) >= 11 is 12.1. The SMILES string of the molecule is Nc1noc(-c2cn[nH]c2)c1-c1ccc(Cl)cc1Cl. The smallest absolute Gasteiger partial charge is 0.180 e. The van der Waals surface area contributed by atoms with Gasteiger partial charge in [-0.2, -0.15) is 5.10 Å². The van der Waals surface area contributed by atoms with Crippen LogP contribution in [0.1, 0.15) is 0 Å². The Labute approximate surface area is 118 Å². The monoisotopic (exact) mass is 294 g/mol. The molecule has 0 saturated carbocycles. The Morgan fingerprint density at radius 3 is 2.79 bits per heavy atom. The van der Waals surface area contributed by atoms with Gasteiger partial charge in [-0.15, -0.1) is 0 Å². The van der Waals surface area contributed by atoms with E-state index < -0.39 is 0 Å². The largest absolute Gasteiger partial charge is 0.380 e. The minimum atomic E-state index is 0.264. The van der Waals surface area contributed by atoms with Crippen molar-refractivity contribution in [1.82, 2.24) is 15.4 Å². The summed E-state index contributed by atoms with van der Waals surface area (Å²) in [5, 5.41) is 11.4. The maximum atomic E-state index is 6.19. The van der Waals surface area contributed by atoms with Crippen LogP contribution in [0.3, 0.4) is 0 Å². The van der Waals surface area contributed by atoms with Crippen LogP contribution in [0.5, 0.6) is 0 Å². The predicted octanol–water partition coefficient (Wildman–Crippen LogP) is 3.62. The summed E-state index contributed by atoms with van der Waals surface area (Å²) in [6.07, 6.45) is 3.31. The van der Waals surface area contributed by atoms with Crippen molar-refractivity contribution in [2.45, 2.75) is 0 Å². The highest BCUT2D eigenvalue weighted by molar-refractivity contribution is 6.36. The number of aromatic amines is 1. The number of nitrogens with two attached hydrogens (primary N) is 1. The van der Waals surface area contributed by atoms with Gasteiger partial charge in [-0.05, 0) is 12.1 Å². The predicted molar refractivity (Wildman–Crippen MR) is 74.0 cm³/mol. The molecule has 3 N–H and O–H groups in total. The zero-order valence-electron chi connectivity index (χ0n) is 9.52. The summed E-state index contributed by atoms with van der Waals surface area (Å²) < 4.78 is 5.25. The van der Waals surface area contributed by atoms with E-state index in [0.717, 1.165) is 5.56 Å². The average molecular weight is 295 g/mol. The summed E-state index contributed by atoms with van der Waals surface area (Å²) in [7, 11) is 0. The molecule has 2 heterocycles. The number of nitrogens with one attached hydrogen (secondary N) is 1. The van der Waals surface area contributed by atoms with Gasteiger partial charge >= 0.3 is 0 Å². The second kappa shape index (κ2) is 4.60. The van der Waals surface area contributed by atoms with E-state index in [0.29, 0.717) is 26.9 Å². The molecule has 0 aliphatic carbocycles. The molecule has 0 aliphatic rings. The zero-order chi connectivity index (χ0) is 13.4. The highest BCUT2D eigenvalue weighted by Gasteiger charge is 2.20. The van der Waals surface area contributed by atoms with E-state index in [1.807, 2.05) is 0 Å². The number of nitrogen functional groups attached to an aromatic ring is 1. The van der Waals surface area contributed by atoms with Crippen LogP contribution < -0.4 is 5.73 Å². The third-order valence-corrected chi connectivity index (χ3v) is 3.23. The zero-order valence-corrected chi connectivity index (χ0v) is 11.0. The van der Waals surface area contributed by atoms with Gasteiger partial charge in [0.05, 0.1) is 22.3 Å². The molecule has 0 saturated heterocycles. The lowest BCUT2D eigenvalue weighted by Crippen LogP contribution is -1.89. The van der Waals surface area contributed by atoms with Gasteiger partial charge in [0.25, 0.3) is 0 Å². The summed E-state index contributed by atoms with van der Waals surface area (Å²) in [5.74, 6) is 0.774. The average Bonchev–Trinajstić information content (AvgIpc) is 2.99. The first-order chi connectivity index (χ1) is 9.16. The van der Waals surface area contributed by atoms with Gasteiger partial charge in [-0.1, -0.05) is 34.4 Å². The fourth-order valence-electron chi connectivity index (χ4n) is 1.83. The molecule has 0 amide bonds. The first-order valence-electron chi connectivity index (χ1n) is 5.36. The number of aromatic nitrogens is 3. The molecule has 0 bridgehead atoms. The van der Waals surface area contributed by atoms with E-state index in [1.54, 1.807) is 30.6 Å². The van der Waals surface area contributed by atoms with Crippen LogP contribution in [0.4, 0.5) is 5.82 Å². The summed E-state index contributed by atoms with van der Waals surface area (Å²) in [5.41, 5.74) is 7.94. The van der Waals surface area contributed by atoms with E-state index in [-0.39, 0.29) is 5.82 Å². The van der Waals surface area contributed by atoms with Crippen LogP contribution in [0.25, 0.3) is 22.5 Å². The Kier molecular flexibility index (Phi) is 2.93. The number of halogens is 2. The van der Waals surface area contributed by atoms with Crippen LogP contribution in [0.2, 0.25) is 10.0 Å². The maximum Gasteiger partial charge on any atom is 0.180 e. The maximum absolute atomic E-state index is 6.19. The van der Waals surface area contributed by atoms with Crippen LogP contribution in [-0.4, -0.2) is 15.4 Å². The lowest BCUT2D eigenvalue weighted by atomic mass is 10.0. The Morgan fingerprint density at radius 2 is 2.11 bits per heavy atom. The molecule has 0 atom stereocenters. The molecular weight excluding hydrogens is 287 g/mol. The van der Waals surface area contributed by atoms with Crippen molar-refractivity contribution in [1.29, 1.82) is 0 Å². The minimum Gasteiger partial charge on any atom is -0.380 e. The molecule has 19 heavy (non-hydrogen) atoms. The van der Waals surface area contributed by atoms with E-state index in [1.165, 1.54) is 0 Å². The van der Waals surface area contributed by atoms with Crippen molar-refractivity contribution in [2.75, 3.05) is 5.73 Å². The number of H-pyrrole nitrogens is 1. The Morgan fingerprint density at radius 1 is 1.26 bits per heavy atom. The Hall–Kier alpha value is -1.98. The van der Waals surface area contributed by atoms with Gasteiger partial charge in [0.1, 0.15) is 0 Å². The van der Waals surface area contributed by atoms with Gasteiger partial charge < -0.3 is 10.3 Å².